The predicted molar refractivity (Wildman–Crippen MR) is 53.5 cm³/mol. The van der Waals surface area contributed by atoms with Crippen molar-refractivity contribution in [3.63, 3.8) is 0 Å². The molecule has 1 heterocycles. The lowest BCUT2D eigenvalue weighted by atomic mass is 9.99. The maximum absolute atomic E-state index is 8.10. The van der Waals surface area contributed by atoms with Crippen LogP contribution < -0.4 is 0 Å². The van der Waals surface area contributed by atoms with Gasteiger partial charge in [0.2, 0.25) is 0 Å². The molecule has 1 fully saturated rings. The first-order valence-electron chi connectivity index (χ1n) is 5.05. The SMILES string of the molecule is CN1CCCCC1CCCN=[N+]=[N-]. The van der Waals surface area contributed by atoms with Crippen LogP contribution in [0.3, 0.4) is 0 Å². The van der Waals surface area contributed by atoms with Gasteiger partial charge in [-0.2, -0.15) is 0 Å². The summed E-state index contributed by atoms with van der Waals surface area (Å²) in [5.41, 5.74) is 8.10. The third-order valence-corrected chi connectivity index (χ3v) is 2.78. The molecule has 1 saturated heterocycles. The van der Waals surface area contributed by atoms with Gasteiger partial charge in [-0.25, -0.2) is 0 Å². The van der Waals surface area contributed by atoms with Crippen LogP contribution >= 0.6 is 0 Å². The monoisotopic (exact) mass is 182 g/mol. The van der Waals surface area contributed by atoms with E-state index in [1.807, 2.05) is 0 Å². The molecule has 1 rings (SSSR count). The molecule has 0 bridgehead atoms. The maximum Gasteiger partial charge on any atom is 0.0258 e. The summed E-state index contributed by atoms with van der Waals surface area (Å²) < 4.78 is 0. The lowest BCUT2D eigenvalue weighted by molar-refractivity contribution is 0.174. The summed E-state index contributed by atoms with van der Waals surface area (Å²) in [4.78, 5) is 5.18. The molecule has 0 aromatic carbocycles. The fourth-order valence-corrected chi connectivity index (χ4v) is 1.95. The molecule has 0 spiro atoms. The van der Waals surface area contributed by atoms with Crippen molar-refractivity contribution in [2.45, 2.75) is 38.1 Å². The van der Waals surface area contributed by atoms with Crippen LogP contribution in [0.25, 0.3) is 10.4 Å². The second-order valence-electron chi connectivity index (χ2n) is 3.73. The van der Waals surface area contributed by atoms with Crippen LogP contribution in [0.1, 0.15) is 32.1 Å². The molecular weight excluding hydrogens is 164 g/mol. The van der Waals surface area contributed by atoms with E-state index in [9.17, 15) is 0 Å². The Balaban J connectivity index is 2.15. The van der Waals surface area contributed by atoms with Crippen LogP contribution in [0.5, 0.6) is 0 Å². The van der Waals surface area contributed by atoms with Gasteiger partial charge in [0.25, 0.3) is 0 Å². The molecule has 4 heteroatoms. The number of nitrogens with zero attached hydrogens (tertiary/aromatic N) is 4. The first kappa shape index (κ1) is 10.4. The van der Waals surface area contributed by atoms with Crippen LogP contribution in [0.2, 0.25) is 0 Å². The summed E-state index contributed by atoms with van der Waals surface area (Å²) in [5.74, 6) is 0. The second-order valence-corrected chi connectivity index (χ2v) is 3.73. The summed E-state index contributed by atoms with van der Waals surface area (Å²) >= 11 is 0. The number of azide groups is 1. The van der Waals surface area contributed by atoms with Gasteiger partial charge in [0.05, 0.1) is 0 Å². The molecular formula is C9H18N4. The van der Waals surface area contributed by atoms with Gasteiger partial charge in [0, 0.05) is 17.5 Å². The van der Waals surface area contributed by atoms with Gasteiger partial charge >= 0.3 is 0 Å². The number of likely N-dealkylation sites (tertiary alicyclic amines) is 1. The molecule has 0 aromatic rings. The molecule has 1 atom stereocenters. The van der Waals surface area contributed by atoms with Gasteiger partial charge < -0.3 is 4.90 Å². The molecule has 1 aliphatic rings. The summed E-state index contributed by atoms with van der Waals surface area (Å²) in [6.45, 7) is 1.88. The van der Waals surface area contributed by atoms with Crippen LogP contribution in [-0.2, 0) is 0 Å². The lowest BCUT2D eigenvalue weighted by Gasteiger charge is -2.32. The summed E-state index contributed by atoms with van der Waals surface area (Å²) in [5, 5.41) is 3.54. The standard InChI is InChI=1S/C9H18N4/c1-13-8-3-2-5-9(13)6-4-7-11-12-10/h9H,2-8H2,1H3. The van der Waals surface area contributed by atoms with E-state index in [-0.39, 0.29) is 0 Å². The van der Waals surface area contributed by atoms with Gasteiger partial charge in [0.1, 0.15) is 0 Å². The van der Waals surface area contributed by atoms with E-state index in [0.29, 0.717) is 6.54 Å². The Kier molecular flexibility index (Phi) is 4.65. The minimum absolute atomic E-state index is 0.654. The Labute approximate surface area is 79.5 Å². The van der Waals surface area contributed by atoms with Crippen molar-refractivity contribution >= 4 is 0 Å². The van der Waals surface area contributed by atoms with Gasteiger partial charge in [-0.3, -0.25) is 0 Å². The van der Waals surface area contributed by atoms with E-state index in [4.69, 9.17) is 5.53 Å². The van der Waals surface area contributed by atoms with E-state index < -0.39 is 0 Å². The van der Waals surface area contributed by atoms with Crippen LogP contribution in [0.15, 0.2) is 5.11 Å². The summed E-state index contributed by atoms with van der Waals surface area (Å²) in [6, 6.07) is 0.725. The molecule has 0 N–H and O–H groups in total. The lowest BCUT2D eigenvalue weighted by Crippen LogP contribution is -2.36. The zero-order valence-electron chi connectivity index (χ0n) is 8.32. The van der Waals surface area contributed by atoms with Crippen molar-refractivity contribution < 1.29 is 0 Å². The topological polar surface area (TPSA) is 52.0 Å². The first-order valence-corrected chi connectivity index (χ1v) is 5.05. The third-order valence-electron chi connectivity index (χ3n) is 2.78. The Morgan fingerprint density at radius 3 is 3.08 bits per heavy atom. The van der Waals surface area contributed by atoms with Gasteiger partial charge in [-0.1, -0.05) is 11.5 Å². The average Bonchev–Trinajstić information content (AvgIpc) is 2.15. The fraction of sp³-hybridized carbons (Fsp3) is 1.00. The molecule has 4 nitrogen and oxygen atoms in total. The van der Waals surface area contributed by atoms with Crippen molar-refractivity contribution in [3.8, 4) is 0 Å². The van der Waals surface area contributed by atoms with Gasteiger partial charge in [-0.15, -0.1) is 0 Å². The van der Waals surface area contributed by atoms with Gasteiger partial charge in [-0.05, 0) is 44.8 Å². The van der Waals surface area contributed by atoms with Crippen molar-refractivity contribution in [2.75, 3.05) is 20.1 Å². The average molecular weight is 182 g/mol. The summed E-state index contributed by atoms with van der Waals surface area (Å²) in [6.07, 6.45) is 6.21. The fourth-order valence-electron chi connectivity index (χ4n) is 1.95. The van der Waals surface area contributed by atoms with Gasteiger partial charge in [0.15, 0.2) is 0 Å². The Morgan fingerprint density at radius 1 is 1.54 bits per heavy atom. The molecule has 0 radical (unpaired) electrons. The molecule has 74 valence electrons. The number of hydrogen-bond donors (Lipinski definition) is 0. The highest BCUT2D eigenvalue weighted by Crippen LogP contribution is 2.18. The minimum Gasteiger partial charge on any atom is -0.303 e. The van der Waals surface area contributed by atoms with Crippen molar-refractivity contribution in [3.05, 3.63) is 10.4 Å². The van der Waals surface area contributed by atoms with E-state index in [1.54, 1.807) is 0 Å². The molecule has 13 heavy (non-hydrogen) atoms. The largest absolute Gasteiger partial charge is 0.303 e. The Hall–Kier alpha value is -0.730. The molecule has 0 amide bonds. The number of piperidine rings is 1. The van der Waals surface area contributed by atoms with Crippen LogP contribution in [0, 0.1) is 0 Å². The molecule has 0 saturated carbocycles. The maximum atomic E-state index is 8.10. The summed E-state index contributed by atoms with van der Waals surface area (Å²) in [7, 11) is 2.19. The molecule has 0 aliphatic carbocycles. The van der Waals surface area contributed by atoms with E-state index in [1.165, 1.54) is 32.2 Å². The van der Waals surface area contributed by atoms with Crippen LogP contribution in [-0.4, -0.2) is 31.1 Å². The highest BCUT2D eigenvalue weighted by atomic mass is 15.1. The highest BCUT2D eigenvalue weighted by molar-refractivity contribution is 4.74. The third kappa shape index (κ3) is 3.66. The van der Waals surface area contributed by atoms with E-state index in [0.717, 1.165) is 12.5 Å². The number of hydrogen-bond acceptors (Lipinski definition) is 2. The van der Waals surface area contributed by atoms with Crippen molar-refractivity contribution in [2.24, 2.45) is 5.11 Å². The quantitative estimate of drug-likeness (QED) is 0.285. The Bertz CT molecular complexity index is 186. The number of rotatable bonds is 4. The first-order chi connectivity index (χ1) is 6.34. The normalized spacial score (nSPS) is 23.9. The molecule has 1 aliphatic heterocycles. The second kappa shape index (κ2) is 5.84. The minimum atomic E-state index is 0.654. The Morgan fingerprint density at radius 2 is 2.38 bits per heavy atom. The highest BCUT2D eigenvalue weighted by Gasteiger charge is 2.17. The zero-order valence-corrected chi connectivity index (χ0v) is 8.32. The van der Waals surface area contributed by atoms with Crippen LogP contribution in [0.4, 0.5) is 0 Å². The van der Waals surface area contributed by atoms with E-state index in [2.05, 4.69) is 22.0 Å². The van der Waals surface area contributed by atoms with Crippen molar-refractivity contribution in [1.82, 2.24) is 4.90 Å². The van der Waals surface area contributed by atoms with Crippen molar-refractivity contribution in [1.29, 1.82) is 0 Å². The molecule has 0 aromatic heterocycles. The molecule has 1 unspecified atom stereocenters. The zero-order chi connectivity index (χ0) is 9.52. The smallest absolute Gasteiger partial charge is 0.0258 e. The predicted octanol–water partition coefficient (Wildman–Crippen LogP) is 2.56. The van der Waals surface area contributed by atoms with E-state index >= 15 is 0 Å².